The van der Waals surface area contributed by atoms with Gasteiger partial charge in [0.2, 0.25) is 5.88 Å². The molecule has 3 atom stereocenters. The largest absolute Gasteiger partial charge is 0.477 e. The number of nitrogens with zero attached hydrogens (tertiary/aromatic N) is 1. The Kier molecular flexibility index (Phi) is 9.01. The minimum atomic E-state index is -4.37. The van der Waals surface area contributed by atoms with E-state index in [9.17, 15) is 31.5 Å². The lowest BCUT2D eigenvalue weighted by Gasteiger charge is -2.30. The Bertz CT molecular complexity index is 1450. The maximum atomic E-state index is 13.0. The van der Waals surface area contributed by atoms with Crippen molar-refractivity contribution in [1.82, 2.24) is 10.3 Å². The highest BCUT2D eigenvalue weighted by atomic mass is 32.2. The summed E-state index contributed by atoms with van der Waals surface area (Å²) in [6, 6.07) is 12.0. The number of aliphatic hydroxyl groups excluding tert-OH is 1. The fourth-order valence-electron chi connectivity index (χ4n) is 4.55. The number of aryl methyl sites for hydroxylation is 1. The van der Waals surface area contributed by atoms with Crippen LogP contribution >= 0.6 is 0 Å². The van der Waals surface area contributed by atoms with Crippen molar-refractivity contribution in [3.63, 3.8) is 0 Å². The van der Waals surface area contributed by atoms with Crippen molar-refractivity contribution >= 4 is 26.5 Å². The third kappa shape index (κ3) is 6.91. The fraction of sp³-hybridized carbons (Fsp3) is 0.429. The predicted octanol–water partition coefficient (Wildman–Crippen LogP) is 4.54. The first-order valence-electron chi connectivity index (χ1n) is 12.9. The van der Waals surface area contributed by atoms with E-state index in [-0.39, 0.29) is 36.2 Å². The summed E-state index contributed by atoms with van der Waals surface area (Å²) >= 11 is 0. The third-order valence-electron chi connectivity index (χ3n) is 6.89. The summed E-state index contributed by atoms with van der Waals surface area (Å²) < 4.78 is 73.5. The van der Waals surface area contributed by atoms with Crippen molar-refractivity contribution in [2.45, 2.75) is 49.9 Å². The van der Waals surface area contributed by atoms with Crippen molar-refractivity contribution in [2.24, 2.45) is 5.92 Å². The number of fused-ring (bicyclic) bond motifs is 1. The fourth-order valence-corrected chi connectivity index (χ4v) is 5.43. The van der Waals surface area contributed by atoms with E-state index in [2.05, 4.69) is 10.3 Å². The smallest absolute Gasteiger partial charge is 0.414 e. The molecule has 40 heavy (non-hydrogen) atoms. The van der Waals surface area contributed by atoms with Crippen LogP contribution in [0.1, 0.15) is 47.4 Å². The van der Waals surface area contributed by atoms with Gasteiger partial charge in [0.1, 0.15) is 0 Å². The van der Waals surface area contributed by atoms with Gasteiger partial charge in [-0.15, -0.1) is 0 Å². The number of carbonyl (C=O) groups is 1. The molecule has 8 nitrogen and oxygen atoms in total. The second-order valence-electron chi connectivity index (χ2n) is 9.80. The zero-order valence-corrected chi connectivity index (χ0v) is 22.9. The highest BCUT2D eigenvalue weighted by molar-refractivity contribution is 7.91. The van der Waals surface area contributed by atoms with E-state index in [0.717, 1.165) is 0 Å². The quantitative estimate of drug-likeness (QED) is 0.382. The standard InChI is InChI=1S/C28H31F3N2O6S/c1-3-40(36,37)22-8-5-19(6-9-22)24(14-34)33-26(35)20-7-10-23-21(13-20)12-17(2)32-27(23)39-16-18-4-11-25(38-15-18)28(29,30)31/h5-10,12-13,18,24-25,34H,3-4,11,14-16H2,1-2H3,(H,33,35)/t18-,24+,25+/m1/s1. The van der Waals surface area contributed by atoms with Crippen molar-refractivity contribution in [1.29, 1.82) is 0 Å². The van der Waals surface area contributed by atoms with Gasteiger partial charge >= 0.3 is 6.18 Å². The van der Waals surface area contributed by atoms with Crippen LogP contribution in [0.3, 0.4) is 0 Å². The summed E-state index contributed by atoms with van der Waals surface area (Å²) in [4.78, 5) is 17.6. The number of rotatable bonds is 9. The second-order valence-corrected chi connectivity index (χ2v) is 12.1. The maximum Gasteiger partial charge on any atom is 0.414 e. The molecule has 3 aromatic rings. The first-order valence-corrected chi connectivity index (χ1v) is 14.5. The van der Waals surface area contributed by atoms with Crippen molar-refractivity contribution < 1.29 is 41.0 Å². The molecule has 0 aliphatic carbocycles. The molecular weight excluding hydrogens is 549 g/mol. The second kappa shape index (κ2) is 12.1. The number of benzene rings is 2. The van der Waals surface area contributed by atoms with Crippen LogP contribution in [0.25, 0.3) is 10.8 Å². The summed E-state index contributed by atoms with van der Waals surface area (Å²) in [6.45, 7) is 3.02. The third-order valence-corrected chi connectivity index (χ3v) is 8.64. The average Bonchev–Trinajstić information content (AvgIpc) is 2.93. The van der Waals surface area contributed by atoms with Crippen LogP contribution in [-0.4, -0.2) is 62.3 Å². The van der Waals surface area contributed by atoms with Crippen molar-refractivity contribution in [3.8, 4) is 5.88 Å². The number of sulfone groups is 1. The highest BCUT2D eigenvalue weighted by Gasteiger charge is 2.43. The van der Waals surface area contributed by atoms with E-state index < -0.39 is 40.7 Å². The summed E-state index contributed by atoms with van der Waals surface area (Å²) in [6.07, 6.45) is -5.91. The van der Waals surface area contributed by atoms with Gasteiger partial charge in [0, 0.05) is 22.6 Å². The Labute approximate surface area is 230 Å². The molecule has 2 aromatic carbocycles. The normalized spacial score (nSPS) is 18.9. The van der Waals surface area contributed by atoms with Gasteiger partial charge in [-0.2, -0.15) is 13.2 Å². The molecule has 1 aliphatic rings. The Morgan fingerprint density at radius 2 is 1.90 bits per heavy atom. The van der Waals surface area contributed by atoms with Gasteiger partial charge in [-0.3, -0.25) is 4.79 Å². The molecule has 0 spiro atoms. The molecule has 2 N–H and O–H groups in total. The van der Waals surface area contributed by atoms with Gasteiger partial charge < -0.3 is 19.9 Å². The molecule has 1 fully saturated rings. The SMILES string of the molecule is CCS(=O)(=O)c1ccc([C@H](CO)NC(=O)c2ccc3c(OC[C@@H]4CC[C@@H](C(F)(F)F)OC4)nc(C)cc3c2)cc1. The van der Waals surface area contributed by atoms with E-state index >= 15 is 0 Å². The lowest BCUT2D eigenvalue weighted by atomic mass is 9.99. The molecule has 1 amide bonds. The van der Waals surface area contributed by atoms with Gasteiger partial charge in [-0.25, -0.2) is 13.4 Å². The minimum Gasteiger partial charge on any atom is -0.477 e. The van der Waals surface area contributed by atoms with Crippen molar-refractivity contribution in [2.75, 3.05) is 25.6 Å². The molecule has 0 radical (unpaired) electrons. The number of halogens is 3. The zero-order chi connectivity index (χ0) is 29.1. The lowest BCUT2D eigenvalue weighted by Crippen LogP contribution is -2.38. The van der Waals surface area contributed by atoms with Crippen LogP contribution in [-0.2, 0) is 14.6 Å². The van der Waals surface area contributed by atoms with Crippen LogP contribution in [0, 0.1) is 12.8 Å². The number of carbonyl (C=O) groups excluding carboxylic acids is 1. The summed E-state index contributed by atoms with van der Waals surface area (Å²) in [5.74, 6) is -0.363. The van der Waals surface area contributed by atoms with Crippen LogP contribution in [0.15, 0.2) is 53.4 Å². The maximum absolute atomic E-state index is 13.0. The predicted molar refractivity (Wildman–Crippen MR) is 142 cm³/mol. The number of aromatic nitrogens is 1. The molecule has 216 valence electrons. The van der Waals surface area contributed by atoms with Crippen LogP contribution in [0.2, 0.25) is 0 Å². The van der Waals surface area contributed by atoms with Gasteiger partial charge in [0.15, 0.2) is 15.9 Å². The number of ether oxygens (including phenoxy) is 2. The molecule has 1 aromatic heterocycles. The highest BCUT2D eigenvalue weighted by Crippen LogP contribution is 2.32. The van der Waals surface area contributed by atoms with E-state index in [4.69, 9.17) is 9.47 Å². The first-order chi connectivity index (χ1) is 18.9. The number of hydrogen-bond donors (Lipinski definition) is 2. The zero-order valence-electron chi connectivity index (χ0n) is 22.1. The Hall–Kier alpha value is -3.22. The summed E-state index contributed by atoms with van der Waals surface area (Å²) in [5.41, 5.74) is 1.51. The molecule has 1 aliphatic heterocycles. The molecule has 0 unspecified atom stereocenters. The number of pyridine rings is 1. The summed E-state index contributed by atoms with van der Waals surface area (Å²) in [5, 5.41) is 14.0. The van der Waals surface area contributed by atoms with Crippen LogP contribution in [0.5, 0.6) is 5.88 Å². The van der Waals surface area contributed by atoms with Gasteiger partial charge in [0.05, 0.1) is 36.5 Å². The van der Waals surface area contributed by atoms with Gasteiger partial charge in [0.25, 0.3) is 5.91 Å². The van der Waals surface area contributed by atoms with Crippen LogP contribution < -0.4 is 10.1 Å². The van der Waals surface area contributed by atoms with Crippen molar-refractivity contribution in [3.05, 3.63) is 65.4 Å². The molecular formula is C28H31F3N2O6S. The Morgan fingerprint density at radius 1 is 1.18 bits per heavy atom. The Morgan fingerprint density at radius 3 is 2.50 bits per heavy atom. The molecule has 2 heterocycles. The van der Waals surface area contributed by atoms with E-state index in [1.165, 1.54) is 12.1 Å². The molecule has 1 saturated heterocycles. The number of nitrogens with one attached hydrogen (secondary N) is 1. The molecule has 0 saturated carbocycles. The average molecular weight is 581 g/mol. The van der Waals surface area contributed by atoms with Gasteiger partial charge in [-0.1, -0.05) is 19.1 Å². The van der Waals surface area contributed by atoms with E-state index in [0.29, 0.717) is 39.9 Å². The molecule has 0 bridgehead atoms. The number of aliphatic hydroxyl groups is 1. The number of alkyl halides is 3. The minimum absolute atomic E-state index is 0.0341. The van der Waals surface area contributed by atoms with Gasteiger partial charge in [-0.05, 0) is 67.1 Å². The first kappa shape index (κ1) is 29.8. The Balaban J connectivity index is 1.45. The number of amides is 1. The van der Waals surface area contributed by atoms with E-state index in [1.807, 2.05) is 0 Å². The van der Waals surface area contributed by atoms with Crippen LogP contribution in [0.4, 0.5) is 13.2 Å². The monoisotopic (exact) mass is 580 g/mol. The molecule has 12 heteroatoms. The van der Waals surface area contributed by atoms with E-state index in [1.54, 1.807) is 50.2 Å². The topological polar surface area (TPSA) is 115 Å². The number of hydrogen-bond acceptors (Lipinski definition) is 7. The molecule has 4 rings (SSSR count). The lowest BCUT2D eigenvalue weighted by molar-refractivity contribution is -0.236. The summed E-state index contributed by atoms with van der Waals surface area (Å²) in [7, 11) is -3.37.